The van der Waals surface area contributed by atoms with Crippen LogP contribution < -0.4 is 10.6 Å². The summed E-state index contributed by atoms with van der Waals surface area (Å²) in [4.78, 5) is 24.2. The van der Waals surface area contributed by atoms with Crippen LogP contribution in [0.5, 0.6) is 0 Å². The number of carbonyl (C=O) groups is 2. The van der Waals surface area contributed by atoms with Gasteiger partial charge >= 0.3 is 12.0 Å². The van der Waals surface area contributed by atoms with Gasteiger partial charge in [-0.2, -0.15) is 0 Å². The lowest BCUT2D eigenvalue weighted by atomic mass is 9.93. The maximum Gasteiger partial charge on any atom is 0.335 e. The van der Waals surface area contributed by atoms with Crippen LogP contribution in [-0.4, -0.2) is 30.3 Å². The van der Waals surface area contributed by atoms with E-state index in [2.05, 4.69) is 22.1 Å². The third-order valence-corrected chi connectivity index (χ3v) is 5.29. The molecule has 0 fully saturated rings. The molecule has 6 nitrogen and oxygen atoms in total. The number of hydrogen-bond donors (Lipinski definition) is 3. The van der Waals surface area contributed by atoms with E-state index in [1.54, 1.807) is 23.5 Å². The first-order valence-electron chi connectivity index (χ1n) is 8.03. The van der Waals surface area contributed by atoms with E-state index < -0.39 is 11.6 Å². The molecule has 0 spiro atoms. The average molecular weight is 360 g/mol. The van der Waals surface area contributed by atoms with Gasteiger partial charge in [0.25, 0.3) is 0 Å². The normalized spacial score (nSPS) is 19.1. The summed E-state index contributed by atoms with van der Waals surface area (Å²) in [5.41, 5.74) is 1.70. The zero-order valence-electron chi connectivity index (χ0n) is 13.9. The van der Waals surface area contributed by atoms with Gasteiger partial charge < -0.3 is 20.5 Å². The van der Waals surface area contributed by atoms with Crippen molar-refractivity contribution < 1.29 is 19.4 Å². The third kappa shape index (κ3) is 4.00. The lowest BCUT2D eigenvalue weighted by molar-refractivity contribution is -0.0418. The molecule has 1 atom stereocenters. The van der Waals surface area contributed by atoms with Crippen molar-refractivity contribution in [2.24, 2.45) is 0 Å². The van der Waals surface area contributed by atoms with E-state index in [-0.39, 0.29) is 11.6 Å². The molecule has 3 N–H and O–H groups in total. The van der Waals surface area contributed by atoms with Crippen molar-refractivity contribution in [2.75, 3.05) is 13.2 Å². The average Bonchev–Trinajstić information content (AvgIpc) is 3.09. The number of fused-ring (bicyclic) bond motifs is 1. The SMILES string of the molecule is CC1(CNC(=O)NCc2ccc(C(=O)O)cc2)OCCc2sccc21. The Balaban J connectivity index is 1.51. The molecule has 3 rings (SSSR count). The zero-order valence-corrected chi connectivity index (χ0v) is 14.7. The second kappa shape index (κ2) is 7.25. The molecular weight excluding hydrogens is 340 g/mol. The summed E-state index contributed by atoms with van der Waals surface area (Å²) in [5, 5.41) is 16.6. The molecule has 0 saturated heterocycles. The summed E-state index contributed by atoms with van der Waals surface area (Å²) < 4.78 is 5.91. The molecule has 0 bridgehead atoms. The highest BCUT2D eigenvalue weighted by Crippen LogP contribution is 2.35. The fourth-order valence-corrected chi connectivity index (χ4v) is 3.84. The Morgan fingerprint density at radius 2 is 2.00 bits per heavy atom. The van der Waals surface area contributed by atoms with Crippen molar-refractivity contribution in [3.8, 4) is 0 Å². The van der Waals surface area contributed by atoms with Crippen molar-refractivity contribution in [1.82, 2.24) is 10.6 Å². The highest BCUT2D eigenvalue weighted by atomic mass is 32.1. The highest BCUT2D eigenvalue weighted by Gasteiger charge is 2.34. The molecular formula is C18H20N2O4S. The fraction of sp³-hybridized carbons (Fsp3) is 0.333. The third-order valence-electron chi connectivity index (χ3n) is 4.31. The maximum absolute atomic E-state index is 12.1. The van der Waals surface area contributed by atoms with Crippen LogP contribution in [0.15, 0.2) is 35.7 Å². The predicted molar refractivity (Wildman–Crippen MR) is 95.0 cm³/mol. The fourth-order valence-electron chi connectivity index (χ4n) is 2.86. The lowest BCUT2D eigenvalue weighted by Gasteiger charge is -2.34. The second-order valence-electron chi connectivity index (χ2n) is 6.13. The van der Waals surface area contributed by atoms with Crippen molar-refractivity contribution in [1.29, 1.82) is 0 Å². The van der Waals surface area contributed by atoms with Crippen LogP contribution in [0.4, 0.5) is 4.79 Å². The summed E-state index contributed by atoms with van der Waals surface area (Å²) in [5.74, 6) is -0.967. The van der Waals surface area contributed by atoms with Crippen LogP contribution in [0.3, 0.4) is 0 Å². The van der Waals surface area contributed by atoms with E-state index in [0.29, 0.717) is 19.7 Å². The van der Waals surface area contributed by atoms with Gasteiger partial charge in [-0.3, -0.25) is 0 Å². The van der Waals surface area contributed by atoms with Crippen LogP contribution in [0.25, 0.3) is 0 Å². The van der Waals surface area contributed by atoms with Crippen molar-refractivity contribution in [3.63, 3.8) is 0 Å². The molecule has 1 aromatic heterocycles. The number of nitrogens with one attached hydrogen (secondary N) is 2. The summed E-state index contributed by atoms with van der Waals surface area (Å²) in [6.07, 6.45) is 0.918. The summed E-state index contributed by atoms with van der Waals surface area (Å²) in [6, 6.07) is 8.19. The van der Waals surface area contributed by atoms with Gasteiger partial charge in [0, 0.05) is 17.8 Å². The van der Waals surface area contributed by atoms with Gasteiger partial charge in [0.1, 0.15) is 5.60 Å². The van der Waals surface area contributed by atoms with Gasteiger partial charge in [-0.25, -0.2) is 9.59 Å². The Labute approximate surface area is 149 Å². The Morgan fingerprint density at radius 3 is 2.72 bits per heavy atom. The molecule has 1 aliphatic rings. The van der Waals surface area contributed by atoms with E-state index in [1.807, 2.05) is 6.92 Å². The van der Waals surface area contributed by atoms with Crippen molar-refractivity contribution >= 4 is 23.3 Å². The van der Waals surface area contributed by atoms with Crippen LogP contribution >= 0.6 is 11.3 Å². The zero-order chi connectivity index (χ0) is 17.9. The number of carboxylic acids is 1. The van der Waals surface area contributed by atoms with Crippen molar-refractivity contribution in [2.45, 2.75) is 25.5 Å². The minimum absolute atomic E-state index is 0.224. The maximum atomic E-state index is 12.1. The van der Waals surface area contributed by atoms with E-state index in [9.17, 15) is 9.59 Å². The molecule has 1 aliphatic heterocycles. The lowest BCUT2D eigenvalue weighted by Crippen LogP contribution is -2.46. The molecule has 0 radical (unpaired) electrons. The van der Waals surface area contributed by atoms with Crippen molar-refractivity contribution in [3.05, 3.63) is 57.3 Å². The quantitative estimate of drug-likeness (QED) is 0.765. The summed E-state index contributed by atoms with van der Waals surface area (Å²) in [7, 11) is 0. The van der Waals surface area contributed by atoms with E-state index in [4.69, 9.17) is 9.84 Å². The molecule has 25 heavy (non-hydrogen) atoms. The summed E-state index contributed by atoms with van der Waals surface area (Å²) >= 11 is 1.72. The molecule has 2 amide bonds. The van der Waals surface area contributed by atoms with E-state index >= 15 is 0 Å². The largest absolute Gasteiger partial charge is 0.478 e. The number of amides is 2. The monoisotopic (exact) mass is 360 g/mol. The van der Waals surface area contributed by atoms with E-state index in [1.165, 1.54) is 17.0 Å². The second-order valence-corrected chi connectivity index (χ2v) is 7.13. The van der Waals surface area contributed by atoms with Gasteiger partial charge in [-0.15, -0.1) is 11.3 Å². The first-order valence-corrected chi connectivity index (χ1v) is 8.91. The number of hydrogen-bond acceptors (Lipinski definition) is 4. The molecule has 1 aromatic carbocycles. The number of ether oxygens (including phenoxy) is 1. The summed E-state index contributed by atoms with van der Waals surface area (Å²) in [6.45, 7) is 3.36. The number of carboxylic acid groups (broad SMARTS) is 1. The highest BCUT2D eigenvalue weighted by molar-refractivity contribution is 7.10. The van der Waals surface area contributed by atoms with Gasteiger partial charge in [-0.05, 0) is 41.6 Å². The molecule has 1 unspecified atom stereocenters. The topological polar surface area (TPSA) is 87.7 Å². The number of urea groups is 1. The van der Waals surface area contributed by atoms with Crippen LogP contribution in [0.2, 0.25) is 0 Å². The predicted octanol–water partition coefficient (Wildman–Crippen LogP) is 2.73. The Morgan fingerprint density at radius 1 is 1.24 bits per heavy atom. The van der Waals surface area contributed by atoms with Gasteiger partial charge in [-0.1, -0.05) is 12.1 Å². The first-order chi connectivity index (χ1) is 12.0. The number of rotatable bonds is 5. The van der Waals surface area contributed by atoms with Crippen LogP contribution in [-0.2, 0) is 23.3 Å². The molecule has 2 heterocycles. The molecule has 0 saturated carbocycles. The molecule has 2 aromatic rings. The molecule has 132 valence electrons. The van der Waals surface area contributed by atoms with Gasteiger partial charge in [0.15, 0.2) is 0 Å². The molecule has 0 aliphatic carbocycles. The first kappa shape index (κ1) is 17.4. The number of thiophene rings is 1. The van der Waals surface area contributed by atoms with E-state index in [0.717, 1.165) is 17.5 Å². The number of aromatic carboxylic acids is 1. The smallest absolute Gasteiger partial charge is 0.335 e. The Bertz CT molecular complexity index is 772. The Hall–Kier alpha value is -2.38. The minimum atomic E-state index is -0.967. The van der Waals surface area contributed by atoms with Crippen LogP contribution in [0.1, 0.15) is 33.3 Å². The number of benzene rings is 1. The van der Waals surface area contributed by atoms with Gasteiger partial charge in [0.2, 0.25) is 0 Å². The number of carbonyl (C=O) groups excluding carboxylic acids is 1. The Kier molecular flexibility index (Phi) is 5.06. The van der Waals surface area contributed by atoms with Crippen LogP contribution in [0, 0.1) is 0 Å². The minimum Gasteiger partial charge on any atom is -0.478 e. The standard InChI is InChI=1S/C18H20N2O4S/c1-18(14-7-9-25-15(14)6-8-24-18)11-20-17(23)19-10-12-2-4-13(5-3-12)16(21)22/h2-5,7,9H,6,8,10-11H2,1H3,(H,21,22)(H2,19,20,23). The van der Waals surface area contributed by atoms with Gasteiger partial charge in [0.05, 0.1) is 18.7 Å². The molecule has 7 heteroatoms.